The Bertz CT molecular complexity index is 540. The Labute approximate surface area is 109 Å². The predicted octanol–water partition coefficient (Wildman–Crippen LogP) is 5.20. The van der Waals surface area contributed by atoms with Crippen molar-refractivity contribution in [1.29, 1.82) is 0 Å². The van der Waals surface area contributed by atoms with E-state index < -0.39 is 0 Å². The SMILES string of the molecule is CC=Cc1ccc(C=Cc2ccc(C)cc2)cc1. The summed E-state index contributed by atoms with van der Waals surface area (Å²) in [6, 6.07) is 17.1. The summed E-state index contributed by atoms with van der Waals surface area (Å²) in [7, 11) is 0. The number of benzene rings is 2. The molecule has 18 heavy (non-hydrogen) atoms. The van der Waals surface area contributed by atoms with Gasteiger partial charge >= 0.3 is 0 Å². The van der Waals surface area contributed by atoms with Gasteiger partial charge in [-0.3, -0.25) is 0 Å². The summed E-state index contributed by atoms with van der Waals surface area (Å²) in [6.07, 6.45) is 8.44. The molecule has 0 aliphatic rings. The summed E-state index contributed by atoms with van der Waals surface area (Å²) >= 11 is 0. The lowest BCUT2D eigenvalue weighted by molar-refractivity contribution is 1.46. The zero-order valence-corrected chi connectivity index (χ0v) is 10.9. The van der Waals surface area contributed by atoms with Crippen LogP contribution in [-0.4, -0.2) is 0 Å². The first-order chi connectivity index (χ1) is 8.78. The molecule has 0 atom stereocenters. The summed E-state index contributed by atoms with van der Waals surface area (Å²) < 4.78 is 0. The molecule has 0 fully saturated rings. The molecule has 0 saturated heterocycles. The van der Waals surface area contributed by atoms with Gasteiger partial charge < -0.3 is 0 Å². The van der Waals surface area contributed by atoms with Crippen LogP contribution in [0.4, 0.5) is 0 Å². The second-order valence-electron chi connectivity index (χ2n) is 4.41. The van der Waals surface area contributed by atoms with E-state index in [0.717, 1.165) is 0 Å². The van der Waals surface area contributed by atoms with Crippen molar-refractivity contribution < 1.29 is 0 Å². The Morgan fingerprint density at radius 2 is 1.00 bits per heavy atom. The topological polar surface area (TPSA) is 0 Å². The normalized spacial score (nSPS) is 11.4. The van der Waals surface area contributed by atoms with Gasteiger partial charge in [0.05, 0.1) is 0 Å². The maximum Gasteiger partial charge on any atom is -0.0256 e. The Balaban J connectivity index is 2.11. The van der Waals surface area contributed by atoms with Gasteiger partial charge in [-0.25, -0.2) is 0 Å². The van der Waals surface area contributed by atoms with Crippen molar-refractivity contribution >= 4 is 18.2 Å². The lowest BCUT2D eigenvalue weighted by Gasteiger charge is -1.97. The summed E-state index contributed by atoms with van der Waals surface area (Å²) in [6.45, 7) is 4.14. The summed E-state index contributed by atoms with van der Waals surface area (Å²) in [5.41, 5.74) is 5.00. The van der Waals surface area contributed by atoms with Crippen molar-refractivity contribution in [3.05, 3.63) is 76.9 Å². The molecule has 0 unspecified atom stereocenters. The van der Waals surface area contributed by atoms with E-state index in [1.807, 2.05) is 6.92 Å². The predicted molar refractivity (Wildman–Crippen MR) is 81.3 cm³/mol. The number of hydrogen-bond donors (Lipinski definition) is 0. The molecule has 0 amide bonds. The maximum atomic E-state index is 2.14. The smallest absolute Gasteiger partial charge is 0.0256 e. The third-order valence-electron chi connectivity index (χ3n) is 2.84. The second kappa shape index (κ2) is 6.02. The van der Waals surface area contributed by atoms with Crippen LogP contribution < -0.4 is 0 Å². The van der Waals surface area contributed by atoms with Crippen molar-refractivity contribution in [2.75, 3.05) is 0 Å². The lowest BCUT2D eigenvalue weighted by atomic mass is 10.1. The molecule has 0 aliphatic carbocycles. The Hall–Kier alpha value is -2.08. The highest BCUT2D eigenvalue weighted by atomic mass is 13.9. The van der Waals surface area contributed by atoms with Gasteiger partial charge in [-0.1, -0.05) is 78.4 Å². The van der Waals surface area contributed by atoms with Crippen molar-refractivity contribution in [2.24, 2.45) is 0 Å². The molecule has 0 heterocycles. The fourth-order valence-electron chi connectivity index (χ4n) is 1.78. The maximum absolute atomic E-state index is 2.14. The largest absolute Gasteiger partial charge is 0.0871 e. The Morgan fingerprint density at radius 1 is 0.611 bits per heavy atom. The van der Waals surface area contributed by atoms with Crippen LogP contribution in [0.2, 0.25) is 0 Å². The van der Waals surface area contributed by atoms with E-state index in [0.29, 0.717) is 0 Å². The van der Waals surface area contributed by atoms with Crippen LogP contribution in [0.3, 0.4) is 0 Å². The third kappa shape index (κ3) is 3.46. The van der Waals surface area contributed by atoms with Crippen molar-refractivity contribution in [3.8, 4) is 0 Å². The first-order valence-electron chi connectivity index (χ1n) is 6.25. The summed E-state index contributed by atoms with van der Waals surface area (Å²) in [4.78, 5) is 0. The van der Waals surface area contributed by atoms with E-state index in [1.54, 1.807) is 0 Å². The molecule has 0 aromatic heterocycles. The fourth-order valence-corrected chi connectivity index (χ4v) is 1.78. The average molecular weight is 234 g/mol. The van der Waals surface area contributed by atoms with Crippen LogP contribution in [0.25, 0.3) is 18.2 Å². The molecule has 0 heteroatoms. The molecule has 0 aliphatic heterocycles. The highest BCUT2D eigenvalue weighted by Crippen LogP contribution is 2.11. The summed E-state index contributed by atoms with van der Waals surface area (Å²) in [5, 5.41) is 0. The second-order valence-corrected chi connectivity index (χ2v) is 4.41. The number of rotatable bonds is 3. The average Bonchev–Trinajstić information content (AvgIpc) is 2.40. The van der Waals surface area contributed by atoms with Crippen molar-refractivity contribution in [1.82, 2.24) is 0 Å². The van der Waals surface area contributed by atoms with Gasteiger partial charge in [-0.2, -0.15) is 0 Å². The van der Waals surface area contributed by atoms with Crippen LogP contribution in [0.5, 0.6) is 0 Å². The molecular weight excluding hydrogens is 216 g/mol. The van der Waals surface area contributed by atoms with Gasteiger partial charge in [0.1, 0.15) is 0 Å². The Morgan fingerprint density at radius 3 is 1.44 bits per heavy atom. The molecule has 2 aromatic rings. The molecule has 0 radical (unpaired) electrons. The molecular formula is C18H18. The van der Waals surface area contributed by atoms with Crippen molar-refractivity contribution in [3.63, 3.8) is 0 Å². The summed E-state index contributed by atoms with van der Waals surface area (Å²) in [5.74, 6) is 0. The van der Waals surface area contributed by atoms with E-state index in [9.17, 15) is 0 Å². The molecule has 0 N–H and O–H groups in total. The van der Waals surface area contributed by atoms with E-state index in [-0.39, 0.29) is 0 Å². The van der Waals surface area contributed by atoms with Gasteiger partial charge in [0, 0.05) is 0 Å². The molecule has 0 spiro atoms. The minimum atomic E-state index is 1.23. The number of aryl methyl sites for hydroxylation is 1. The van der Waals surface area contributed by atoms with E-state index in [1.165, 1.54) is 22.3 Å². The van der Waals surface area contributed by atoms with Gasteiger partial charge in [-0.05, 0) is 30.5 Å². The van der Waals surface area contributed by atoms with E-state index in [2.05, 4.69) is 79.8 Å². The first kappa shape index (κ1) is 12.4. The van der Waals surface area contributed by atoms with Gasteiger partial charge in [0.2, 0.25) is 0 Å². The fraction of sp³-hybridized carbons (Fsp3) is 0.111. The molecule has 0 bridgehead atoms. The highest BCUT2D eigenvalue weighted by molar-refractivity contribution is 5.70. The number of hydrogen-bond acceptors (Lipinski definition) is 0. The van der Waals surface area contributed by atoms with Gasteiger partial charge in [0.25, 0.3) is 0 Å². The molecule has 2 rings (SSSR count). The number of allylic oxidation sites excluding steroid dienone is 1. The molecule has 0 nitrogen and oxygen atoms in total. The van der Waals surface area contributed by atoms with E-state index >= 15 is 0 Å². The third-order valence-corrected chi connectivity index (χ3v) is 2.84. The lowest BCUT2D eigenvalue weighted by Crippen LogP contribution is -1.76. The molecule has 0 saturated carbocycles. The van der Waals surface area contributed by atoms with Crippen LogP contribution in [0.1, 0.15) is 29.2 Å². The van der Waals surface area contributed by atoms with Gasteiger partial charge in [-0.15, -0.1) is 0 Å². The van der Waals surface area contributed by atoms with E-state index in [4.69, 9.17) is 0 Å². The van der Waals surface area contributed by atoms with Crippen molar-refractivity contribution in [2.45, 2.75) is 13.8 Å². The quantitative estimate of drug-likeness (QED) is 0.640. The van der Waals surface area contributed by atoms with Crippen LogP contribution >= 0.6 is 0 Å². The molecule has 90 valence electrons. The Kier molecular flexibility index (Phi) is 4.14. The highest BCUT2D eigenvalue weighted by Gasteiger charge is 1.89. The van der Waals surface area contributed by atoms with Crippen LogP contribution in [0.15, 0.2) is 54.6 Å². The van der Waals surface area contributed by atoms with Crippen LogP contribution in [0, 0.1) is 6.92 Å². The van der Waals surface area contributed by atoms with Gasteiger partial charge in [0.15, 0.2) is 0 Å². The minimum absolute atomic E-state index is 1.23. The minimum Gasteiger partial charge on any atom is -0.0871 e. The monoisotopic (exact) mass is 234 g/mol. The molecule has 2 aromatic carbocycles. The first-order valence-corrected chi connectivity index (χ1v) is 6.25. The standard InChI is InChI=1S/C18H18/c1-3-4-16-9-11-18(12-10-16)14-13-17-7-5-15(2)6-8-17/h3-14H,1-2H3. The zero-order chi connectivity index (χ0) is 12.8. The zero-order valence-electron chi connectivity index (χ0n) is 10.9. The van der Waals surface area contributed by atoms with Crippen LogP contribution in [-0.2, 0) is 0 Å².